The Hall–Kier alpha value is -1.94. The summed E-state index contributed by atoms with van der Waals surface area (Å²) in [6, 6.07) is 5.90. The predicted molar refractivity (Wildman–Crippen MR) is 125 cm³/mol. The van der Waals surface area contributed by atoms with Gasteiger partial charge >= 0.3 is 7.12 Å². The molecule has 0 bridgehead atoms. The molecule has 158 valence electrons. The van der Waals surface area contributed by atoms with Crippen LogP contribution in [-0.2, 0) is 9.31 Å². The summed E-state index contributed by atoms with van der Waals surface area (Å²) in [6.45, 7) is 12.2. The molecule has 0 amide bonds. The molecule has 1 fully saturated rings. The second kappa shape index (κ2) is 7.64. The Balaban J connectivity index is 1.60. The summed E-state index contributed by atoms with van der Waals surface area (Å²) in [4.78, 5) is 10.4. The van der Waals surface area contributed by atoms with Crippen molar-refractivity contribution in [3.63, 3.8) is 0 Å². The number of thiazole rings is 2. The largest absolute Gasteiger partial charge is 0.495 e. The minimum atomic E-state index is -0.434. The number of benzene rings is 1. The van der Waals surface area contributed by atoms with Crippen molar-refractivity contribution >= 4 is 46.1 Å². The van der Waals surface area contributed by atoms with E-state index in [1.807, 2.05) is 37.4 Å². The van der Waals surface area contributed by atoms with Gasteiger partial charge in [-0.3, -0.25) is 0 Å². The fourth-order valence-corrected chi connectivity index (χ4v) is 4.94. The number of ether oxygens (including phenoxy) is 1. The maximum absolute atomic E-state index is 6.20. The van der Waals surface area contributed by atoms with Gasteiger partial charge in [0.25, 0.3) is 0 Å². The molecule has 1 saturated heterocycles. The first-order valence-corrected chi connectivity index (χ1v) is 11.5. The van der Waals surface area contributed by atoms with Crippen molar-refractivity contribution in [1.82, 2.24) is 9.97 Å². The molecule has 0 spiro atoms. The zero-order valence-electron chi connectivity index (χ0n) is 18.3. The first-order chi connectivity index (χ1) is 14.1. The monoisotopic (exact) mass is 443 g/mol. The smallest absolute Gasteiger partial charge is 0.494 e. The molecule has 3 heterocycles. The van der Waals surface area contributed by atoms with Crippen molar-refractivity contribution < 1.29 is 14.0 Å². The van der Waals surface area contributed by atoms with Crippen LogP contribution in [0.4, 0.5) is 10.8 Å². The first-order valence-electron chi connectivity index (χ1n) is 9.80. The van der Waals surface area contributed by atoms with Gasteiger partial charge in [-0.05, 0) is 59.1 Å². The third-order valence-electron chi connectivity index (χ3n) is 5.63. The van der Waals surface area contributed by atoms with Crippen LogP contribution >= 0.6 is 22.7 Å². The molecule has 0 unspecified atom stereocenters. The fourth-order valence-electron chi connectivity index (χ4n) is 3.27. The lowest BCUT2D eigenvalue weighted by Crippen LogP contribution is -2.41. The Bertz CT molecular complexity index is 1060. The Morgan fingerprint density at radius 1 is 1.07 bits per heavy atom. The molecule has 2 aromatic heterocycles. The number of nitrogens with one attached hydrogen (secondary N) is 1. The molecule has 1 aromatic carbocycles. The van der Waals surface area contributed by atoms with E-state index in [4.69, 9.17) is 19.0 Å². The van der Waals surface area contributed by atoms with E-state index in [2.05, 4.69) is 38.0 Å². The third-order valence-corrected chi connectivity index (χ3v) is 7.48. The van der Waals surface area contributed by atoms with Crippen molar-refractivity contribution in [1.29, 1.82) is 0 Å². The van der Waals surface area contributed by atoms with E-state index >= 15 is 0 Å². The van der Waals surface area contributed by atoms with Gasteiger partial charge in [-0.15, -0.1) is 22.7 Å². The van der Waals surface area contributed by atoms with Gasteiger partial charge in [-0.25, -0.2) is 9.97 Å². The molecular formula is C21H26BN3O3S2. The van der Waals surface area contributed by atoms with Crippen LogP contribution in [0.2, 0.25) is 0 Å². The van der Waals surface area contributed by atoms with Crippen LogP contribution in [0.1, 0.15) is 38.4 Å². The zero-order chi connectivity index (χ0) is 21.7. The summed E-state index contributed by atoms with van der Waals surface area (Å²) in [5.74, 6) is 0.733. The van der Waals surface area contributed by atoms with E-state index in [-0.39, 0.29) is 11.2 Å². The van der Waals surface area contributed by atoms with Crippen molar-refractivity contribution in [3.05, 3.63) is 34.3 Å². The molecule has 6 nitrogen and oxygen atoms in total. The predicted octanol–water partition coefficient (Wildman–Crippen LogP) is 4.93. The van der Waals surface area contributed by atoms with Crippen LogP contribution in [0.3, 0.4) is 0 Å². The second-order valence-corrected chi connectivity index (χ2v) is 10.4. The SMILES string of the molecule is COc1ccc(B2OC(C)(C)C(C)(C)O2)cc1Nc1nc(-c2sc(C)nc2C)cs1. The summed E-state index contributed by atoms with van der Waals surface area (Å²) in [5.41, 5.74) is 2.92. The molecule has 9 heteroatoms. The number of hydrogen-bond acceptors (Lipinski definition) is 8. The maximum atomic E-state index is 6.20. The van der Waals surface area contributed by atoms with Crippen molar-refractivity contribution in [3.8, 4) is 16.3 Å². The number of nitrogens with zero attached hydrogens (tertiary/aromatic N) is 2. The Morgan fingerprint density at radius 2 is 1.77 bits per heavy atom. The van der Waals surface area contributed by atoms with Gasteiger partial charge in [0.2, 0.25) is 0 Å². The molecule has 4 rings (SSSR count). The highest BCUT2D eigenvalue weighted by Crippen LogP contribution is 2.38. The number of aromatic nitrogens is 2. The van der Waals surface area contributed by atoms with E-state index < -0.39 is 7.12 Å². The van der Waals surface area contributed by atoms with Gasteiger partial charge in [0.15, 0.2) is 5.13 Å². The Morgan fingerprint density at radius 3 is 2.37 bits per heavy atom. The molecule has 0 radical (unpaired) electrons. The second-order valence-electron chi connectivity index (χ2n) is 8.36. The van der Waals surface area contributed by atoms with Crippen molar-refractivity contribution in [2.24, 2.45) is 0 Å². The molecule has 1 aliphatic rings. The van der Waals surface area contributed by atoms with Crippen LogP contribution in [0.15, 0.2) is 23.6 Å². The van der Waals surface area contributed by atoms with E-state index in [1.165, 1.54) is 0 Å². The maximum Gasteiger partial charge on any atom is 0.494 e. The molecule has 0 atom stereocenters. The van der Waals surface area contributed by atoms with Gasteiger partial charge in [-0.1, -0.05) is 6.07 Å². The standard InChI is InChI=1S/C21H26BN3O3S2/c1-12-18(30-13(2)23-12)16-11-29-19(25-16)24-15-10-14(8-9-17(15)26-7)22-27-20(3,4)21(5,6)28-22/h8-11H,1-7H3,(H,24,25). The number of anilines is 2. The van der Waals surface area contributed by atoms with Crippen LogP contribution < -0.4 is 15.5 Å². The van der Waals surface area contributed by atoms with Crippen LogP contribution in [0.25, 0.3) is 10.6 Å². The van der Waals surface area contributed by atoms with Gasteiger partial charge in [0.1, 0.15) is 5.75 Å². The highest BCUT2D eigenvalue weighted by Gasteiger charge is 2.51. The van der Waals surface area contributed by atoms with Gasteiger partial charge in [0.05, 0.1) is 45.3 Å². The average Bonchev–Trinajstić information content (AvgIpc) is 3.31. The zero-order valence-corrected chi connectivity index (χ0v) is 20.0. The van der Waals surface area contributed by atoms with Crippen LogP contribution in [-0.4, -0.2) is 35.4 Å². The average molecular weight is 443 g/mol. The molecular weight excluding hydrogens is 417 g/mol. The van der Waals surface area contributed by atoms with Crippen molar-refractivity contribution in [2.45, 2.75) is 52.7 Å². The number of rotatable bonds is 5. The molecule has 3 aromatic rings. The van der Waals surface area contributed by atoms with Gasteiger partial charge in [0, 0.05) is 5.38 Å². The lowest BCUT2D eigenvalue weighted by Gasteiger charge is -2.32. The van der Waals surface area contributed by atoms with E-state index in [0.717, 1.165) is 43.3 Å². The normalized spacial score (nSPS) is 17.4. The summed E-state index contributed by atoms with van der Waals surface area (Å²) in [6.07, 6.45) is 0. The molecule has 1 aliphatic heterocycles. The third kappa shape index (κ3) is 3.87. The summed E-state index contributed by atoms with van der Waals surface area (Å²) in [7, 11) is 1.22. The highest BCUT2D eigenvalue weighted by molar-refractivity contribution is 7.16. The van der Waals surface area contributed by atoms with Crippen LogP contribution in [0.5, 0.6) is 5.75 Å². The molecule has 0 aliphatic carbocycles. The van der Waals surface area contributed by atoms with E-state index in [1.54, 1.807) is 29.8 Å². The van der Waals surface area contributed by atoms with Gasteiger partial charge in [-0.2, -0.15) is 0 Å². The van der Waals surface area contributed by atoms with Crippen LogP contribution in [0, 0.1) is 13.8 Å². The van der Waals surface area contributed by atoms with E-state index in [9.17, 15) is 0 Å². The minimum Gasteiger partial charge on any atom is -0.495 e. The Kier molecular flexibility index (Phi) is 5.42. The summed E-state index contributed by atoms with van der Waals surface area (Å²) >= 11 is 3.21. The number of hydrogen-bond donors (Lipinski definition) is 1. The minimum absolute atomic E-state index is 0.389. The van der Waals surface area contributed by atoms with Crippen molar-refractivity contribution in [2.75, 3.05) is 12.4 Å². The summed E-state index contributed by atoms with van der Waals surface area (Å²) in [5, 5.41) is 7.28. The Labute approximate surface area is 185 Å². The topological polar surface area (TPSA) is 65.5 Å². The fraction of sp³-hybridized carbons (Fsp3) is 0.429. The number of aryl methyl sites for hydroxylation is 2. The quantitative estimate of drug-likeness (QED) is 0.564. The van der Waals surface area contributed by atoms with Gasteiger partial charge < -0.3 is 19.4 Å². The van der Waals surface area contributed by atoms with E-state index in [0.29, 0.717) is 0 Å². The first kappa shape index (κ1) is 21.3. The lowest BCUT2D eigenvalue weighted by molar-refractivity contribution is 0.00578. The lowest BCUT2D eigenvalue weighted by atomic mass is 9.79. The highest BCUT2D eigenvalue weighted by atomic mass is 32.1. The number of methoxy groups -OCH3 is 1. The molecule has 30 heavy (non-hydrogen) atoms. The summed E-state index contributed by atoms with van der Waals surface area (Å²) < 4.78 is 17.9. The molecule has 1 N–H and O–H groups in total. The molecule has 0 saturated carbocycles.